The summed E-state index contributed by atoms with van der Waals surface area (Å²) in [5.41, 5.74) is 3.58. The van der Waals surface area contributed by atoms with Gasteiger partial charge in [0.1, 0.15) is 0 Å². The summed E-state index contributed by atoms with van der Waals surface area (Å²) in [5.74, 6) is -0.481. The fraction of sp³-hybridized carbons (Fsp3) is 0.391. The minimum Gasteiger partial charge on any atom is -0.353 e. The molecule has 0 heterocycles. The van der Waals surface area contributed by atoms with Gasteiger partial charge in [0.2, 0.25) is 5.91 Å². The van der Waals surface area contributed by atoms with Gasteiger partial charge in [-0.3, -0.25) is 14.5 Å². The summed E-state index contributed by atoms with van der Waals surface area (Å²) in [5, 5.41) is 6.31. The number of likely N-dealkylation sites (N-methyl/N-ethyl adjacent to an activating group) is 1. The fourth-order valence-corrected chi connectivity index (χ4v) is 3.75. The summed E-state index contributed by atoms with van der Waals surface area (Å²) in [6.07, 6.45) is 0. The third-order valence-electron chi connectivity index (χ3n) is 4.90. The first kappa shape index (κ1) is 22.9. The number of halogens is 1. The molecule has 0 fully saturated rings. The van der Waals surface area contributed by atoms with Crippen LogP contribution in [0, 0.1) is 13.8 Å². The Morgan fingerprint density at radius 1 is 1.00 bits per heavy atom. The van der Waals surface area contributed by atoms with Crippen molar-refractivity contribution in [2.24, 2.45) is 0 Å². The Morgan fingerprint density at radius 2 is 1.62 bits per heavy atom. The number of aryl methyl sites for hydroxylation is 2. The van der Waals surface area contributed by atoms with E-state index in [-0.39, 0.29) is 24.4 Å². The highest BCUT2D eigenvalue weighted by Crippen LogP contribution is 2.26. The van der Waals surface area contributed by atoms with Gasteiger partial charge in [-0.2, -0.15) is 0 Å². The van der Waals surface area contributed by atoms with Gasteiger partial charge >= 0.3 is 0 Å². The predicted molar refractivity (Wildman–Crippen MR) is 118 cm³/mol. The van der Waals surface area contributed by atoms with Crippen molar-refractivity contribution in [3.8, 4) is 0 Å². The second-order valence-electron chi connectivity index (χ2n) is 7.12. The van der Waals surface area contributed by atoms with Crippen molar-refractivity contribution in [1.82, 2.24) is 15.5 Å². The summed E-state index contributed by atoms with van der Waals surface area (Å²) in [6.45, 7) is 10.1. The molecule has 2 amide bonds. The first-order chi connectivity index (χ1) is 13.8. The van der Waals surface area contributed by atoms with Gasteiger partial charge in [-0.15, -0.1) is 0 Å². The molecule has 0 saturated carbocycles. The molecule has 0 aromatic heterocycles. The number of benzene rings is 2. The van der Waals surface area contributed by atoms with Gasteiger partial charge in [-0.05, 0) is 50.7 Å². The maximum Gasteiger partial charge on any atom is 0.251 e. The molecule has 6 heteroatoms. The van der Waals surface area contributed by atoms with Crippen molar-refractivity contribution in [3.05, 3.63) is 69.7 Å². The van der Waals surface area contributed by atoms with E-state index in [9.17, 15) is 9.59 Å². The van der Waals surface area contributed by atoms with E-state index in [2.05, 4.69) is 29.4 Å². The van der Waals surface area contributed by atoms with Crippen molar-refractivity contribution in [2.45, 2.75) is 33.7 Å². The van der Waals surface area contributed by atoms with E-state index in [1.807, 2.05) is 56.3 Å². The zero-order valence-electron chi connectivity index (χ0n) is 17.6. The number of rotatable bonds is 9. The van der Waals surface area contributed by atoms with Gasteiger partial charge in [0.25, 0.3) is 5.91 Å². The Bertz CT molecular complexity index is 830. The lowest BCUT2D eigenvalue weighted by Gasteiger charge is -2.31. The number of carbonyl (C=O) groups excluding carboxylic acids is 2. The van der Waals surface area contributed by atoms with E-state index < -0.39 is 0 Å². The maximum atomic E-state index is 12.4. The van der Waals surface area contributed by atoms with Gasteiger partial charge < -0.3 is 10.6 Å². The Hall–Kier alpha value is -2.37. The van der Waals surface area contributed by atoms with Crippen LogP contribution in [0.3, 0.4) is 0 Å². The van der Waals surface area contributed by atoms with Gasteiger partial charge in [-0.1, -0.05) is 60.8 Å². The Kier molecular flexibility index (Phi) is 8.68. The monoisotopic (exact) mass is 415 g/mol. The zero-order chi connectivity index (χ0) is 21.4. The average molecular weight is 416 g/mol. The highest BCUT2D eigenvalue weighted by molar-refractivity contribution is 6.31. The van der Waals surface area contributed by atoms with Gasteiger partial charge in [0.05, 0.1) is 12.6 Å². The van der Waals surface area contributed by atoms with Gasteiger partial charge in [0, 0.05) is 17.1 Å². The Labute approximate surface area is 178 Å². The average Bonchev–Trinajstić information content (AvgIpc) is 2.69. The van der Waals surface area contributed by atoms with Crippen LogP contribution in [0.1, 0.15) is 46.9 Å². The molecule has 2 aromatic rings. The quantitative estimate of drug-likeness (QED) is 0.653. The van der Waals surface area contributed by atoms with E-state index in [1.165, 1.54) is 0 Å². The highest BCUT2D eigenvalue weighted by Gasteiger charge is 2.21. The molecule has 0 aliphatic heterocycles. The van der Waals surface area contributed by atoms with Crippen LogP contribution in [-0.4, -0.2) is 42.9 Å². The van der Waals surface area contributed by atoms with Crippen LogP contribution in [0.25, 0.3) is 0 Å². The van der Waals surface area contributed by atoms with E-state index in [0.29, 0.717) is 17.1 Å². The van der Waals surface area contributed by atoms with Crippen LogP contribution in [0.15, 0.2) is 42.5 Å². The van der Waals surface area contributed by atoms with Crippen molar-refractivity contribution in [1.29, 1.82) is 0 Å². The Morgan fingerprint density at radius 3 is 2.21 bits per heavy atom. The minimum absolute atomic E-state index is 0.0298. The van der Waals surface area contributed by atoms with Gasteiger partial charge in [-0.25, -0.2) is 0 Å². The second kappa shape index (κ2) is 11.0. The fourth-order valence-electron chi connectivity index (χ4n) is 3.49. The van der Waals surface area contributed by atoms with Crippen LogP contribution < -0.4 is 10.6 Å². The molecule has 0 bridgehead atoms. The smallest absolute Gasteiger partial charge is 0.251 e. The summed E-state index contributed by atoms with van der Waals surface area (Å²) >= 11 is 6.39. The molecule has 0 aliphatic rings. The first-order valence-corrected chi connectivity index (χ1v) is 10.3. The van der Waals surface area contributed by atoms with Crippen molar-refractivity contribution < 1.29 is 9.59 Å². The number of amides is 2. The molecule has 0 saturated heterocycles. The topological polar surface area (TPSA) is 61.4 Å². The highest BCUT2D eigenvalue weighted by atomic mass is 35.5. The van der Waals surface area contributed by atoms with E-state index >= 15 is 0 Å². The van der Waals surface area contributed by atoms with Crippen molar-refractivity contribution in [3.63, 3.8) is 0 Å². The second-order valence-corrected chi connectivity index (χ2v) is 7.53. The minimum atomic E-state index is -0.252. The molecule has 0 spiro atoms. The molecule has 0 aliphatic carbocycles. The zero-order valence-corrected chi connectivity index (χ0v) is 18.3. The molecule has 1 atom stereocenters. The van der Waals surface area contributed by atoms with Crippen LogP contribution in [0.4, 0.5) is 0 Å². The van der Waals surface area contributed by atoms with Crippen LogP contribution in [0.5, 0.6) is 0 Å². The first-order valence-electron chi connectivity index (χ1n) is 9.97. The van der Waals surface area contributed by atoms with Crippen LogP contribution in [-0.2, 0) is 4.79 Å². The van der Waals surface area contributed by atoms with E-state index in [1.54, 1.807) is 0 Å². The van der Waals surface area contributed by atoms with Crippen LogP contribution >= 0.6 is 11.6 Å². The largest absolute Gasteiger partial charge is 0.353 e. The molecule has 2 rings (SSSR count). The summed E-state index contributed by atoms with van der Waals surface area (Å²) < 4.78 is 0. The number of hydrogen-bond acceptors (Lipinski definition) is 3. The summed E-state index contributed by atoms with van der Waals surface area (Å²) in [6, 6.07) is 13.3. The lowest BCUT2D eigenvalue weighted by atomic mass is 10.0. The molecule has 5 nitrogen and oxygen atoms in total. The molecule has 2 aromatic carbocycles. The SMILES string of the molecule is CCN(CC)C(CNC(=O)CNC(=O)c1cc(C)cc(C)c1)c1ccccc1Cl. The normalized spacial score (nSPS) is 11.9. The standard InChI is InChI=1S/C23H30ClN3O2/c1-5-27(6-2)21(19-9-7-8-10-20(19)24)14-25-22(28)15-26-23(29)18-12-16(3)11-17(4)13-18/h7-13,21H,5-6,14-15H2,1-4H3,(H,25,28)(H,26,29). The summed E-state index contributed by atoms with van der Waals surface area (Å²) in [4.78, 5) is 26.9. The van der Waals surface area contributed by atoms with Crippen molar-refractivity contribution >= 4 is 23.4 Å². The van der Waals surface area contributed by atoms with Gasteiger partial charge in [0.15, 0.2) is 0 Å². The van der Waals surface area contributed by atoms with E-state index in [4.69, 9.17) is 11.6 Å². The molecule has 156 valence electrons. The third kappa shape index (κ3) is 6.58. The molecule has 2 N–H and O–H groups in total. The predicted octanol–water partition coefficient (Wildman–Crippen LogP) is 3.89. The lowest BCUT2D eigenvalue weighted by molar-refractivity contribution is -0.120. The number of nitrogens with one attached hydrogen (secondary N) is 2. The molecule has 29 heavy (non-hydrogen) atoms. The third-order valence-corrected chi connectivity index (χ3v) is 5.25. The molecule has 0 radical (unpaired) electrons. The van der Waals surface area contributed by atoms with E-state index in [0.717, 1.165) is 29.8 Å². The maximum absolute atomic E-state index is 12.4. The summed E-state index contributed by atoms with van der Waals surface area (Å²) in [7, 11) is 0. The molecular weight excluding hydrogens is 386 g/mol. The Balaban J connectivity index is 1.97. The molecule has 1 unspecified atom stereocenters. The van der Waals surface area contributed by atoms with Crippen LogP contribution in [0.2, 0.25) is 5.02 Å². The molecular formula is C23H30ClN3O2. The van der Waals surface area contributed by atoms with Crippen molar-refractivity contribution in [2.75, 3.05) is 26.2 Å². The number of carbonyl (C=O) groups is 2. The number of hydrogen-bond donors (Lipinski definition) is 2. The lowest BCUT2D eigenvalue weighted by Crippen LogP contribution is -2.42. The number of nitrogens with zero attached hydrogens (tertiary/aromatic N) is 1.